The number of carbonyl (C=O) groups excluding carboxylic acids is 1. The molecule has 2 rings (SSSR count). The van der Waals surface area contributed by atoms with Crippen molar-refractivity contribution in [2.24, 2.45) is 0 Å². The van der Waals surface area contributed by atoms with E-state index >= 15 is 0 Å². The molecule has 2 aliphatic rings. The fourth-order valence-corrected chi connectivity index (χ4v) is 3.96. The maximum Gasteiger partial charge on any atom is 0.327 e. The van der Waals surface area contributed by atoms with Crippen molar-refractivity contribution in [1.82, 2.24) is 15.1 Å². The summed E-state index contributed by atoms with van der Waals surface area (Å²) < 4.78 is 0. The molecule has 1 unspecified atom stereocenters. The van der Waals surface area contributed by atoms with Gasteiger partial charge in [0.25, 0.3) is 0 Å². The van der Waals surface area contributed by atoms with Gasteiger partial charge in [-0.25, -0.2) is 9.59 Å². The molecule has 2 saturated heterocycles. The van der Waals surface area contributed by atoms with Crippen LogP contribution in [0, 0.1) is 0 Å². The number of piperidine rings is 1. The summed E-state index contributed by atoms with van der Waals surface area (Å²) in [5, 5.41) is 12.2. The number of urea groups is 1. The highest BCUT2D eigenvalue weighted by Gasteiger charge is 2.33. The van der Waals surface area contributed by atoms with E-state index in [4.69, 9.17) is 0 Å². The predicted octanol–water partition coefficient (Wildman–Crippen LogP) is 1.07. The van der Waals surface area contributed by atoms with Crippen LogP contribution in [0.3, 0.4) is 0 Å². The van der Waals surface area contributed by atoms with Crippen LogP contribution in [-0.2, 0) is 4.79 Å². The Morgan fingerprint density at radius 1 is 1.29 bits per heavy atom. The lowest BCUT2D eigenvalue weighted by molar-refractivity contribution is -0.141. The number of carbonyl (C=O) groups is 2. The standard InChI is InChI=1S/C14H25N3O3S/c1-2-5-16-6-3-11(4-7-16)15-14(20)17-8-9-21-10-12(17)13(18)19/h11-12H,2-10H2,1H3,(H,15,20)(H,18,19). The quantitative estimate of drug-likeness (QED) is 0.812. The van der Waals surface area contributed by atoms with Crippen LogP contribution in [0.2, 0.25) is 0 Å². The third kappa shape index (κ3) is 4.51. The zero-order valence-corrected chi connectivity index (χ0v) is 13.4. The summed E-state index contributed by atoms with van der Waals surface area (Å²) in [5.74, 6) is 0.388. The van der Waals surface area contributed by atoms with Gasteiger partial charge in [0.05, 0.1) is 0 Å². The van der Waals surface area contributed by atoms with Crippen LogP contribution < -0.4 is 5.32 Å². The van der Waals surface area contributed by atoms with Gasteiger partial charge in [-0.3, -0.25) is 0 Å². The number of likely N-dealkylation sites (tertiary alicyclic amines) is 1. The monoisotopic (exact) mass is 315 g/mol. The fraction of sp³-hybridized carbons (Fsp3) is 0.857. The molecular weight excluding hydrogens is 290 g/mol. The predicted molar refractivity (Wildman–Crippen MR) is 83.7 cm³/mol. The lowest BCUT2D eigenvalue weighted by Crippen LogP contribution is -2.56. The van der Waals surface area contributed by atoms with E-state index in [1.54, 1.807) is 11.8 Å². The molecule has 0 bridgehead atoms. The topological polar surface area (TPSA) is 72.9 Å². The number of amides is 2. The average Bonchev–Trinajstić information content (AvgIpc) is 2.49. The van der Waals surface area contributed by atoms with Crippen molar-refractivity contribution in [3.8, 4) is 0 Å². The molecule has 120 valence electrons. The minimum atomic E-state index is -0.907. The summed E-state index contributed by atoms with van der Waals surface area (Å²) in [7, 11) is 0. The van der Waals surface area contributed by atoms with Crippen LogP contribution in [-0.4, -0.2) is 76.7 Å². The molecule has 0 aliphatic carbocycles. The average molecular weight is 315 g/mol. The van der Waals surface area contributed by atoms with Gasteiger partial charge in [-0.1, -0.05) is 6.92 Å². The van der Waals surface area contributed by atoms with Crippen molar-refractivity contribution in [2.45, 2.75) is 38.3 Å². The Bertz CT molecular complexity index is 372. The number of nitrogens with one attached hydrogen (secondary N) is 1. The summed E-state index contributed by atoms with van der Waals surface area (Å²) in [6.07, 6.45) is 3.06. The van der Waals surface area contributed by atoms with Crippen molar-refractivity contribution in [3.63, 3.8) is 0 Å². The first-order valence-corrected chi connectivity index (χ1v) is 8.87. The van der Waals surface area contributed by atoms with Gasteiger partial charge in [-0.15, -0.1) is 0 Å². The third-order valence-corrected chi connectivity index (χ3v) is 5.15. The summed E-state index contributed by atoms with van der Waals surface area (Å²) in [5.41, 5.74) is 0. The van der Waals surface area contributed by atoms with E-state index in [1.807, 2.05) is 0 Å². The number of carboxylic acid groups (broad SMARTS) is 1. The summed E-state index contributed by atoms with van der Waals surface area (Å²) >= 11 is 1.60. The lowest BCUT2D eigenvalue weighted by Gasteiger charge is -2.36. The Labute approximate surface area is 130 Å². The number of nitrogens with zero attached hydrogens (tertiary/aromatic N) is 2. The number of thioether (sulfide) groups is 1. The third-order valence-electron chi connectivity index (χ3n) is 4.13. The SMILES string of the molecule is CCCN1CCC(NC(=O)N2CCSCC2C(=O)O)CC1. The Hall–Kier alpha value is -0.950. The van der Waals surface area contributed by atoms with E-state index in [-0.39, 0.29) is 12.1 Å². The molecular formula is C14H25N3O3S. The number of carboxylic acids is 1. The second-order valence-corrected chi connectivity index (χ2v) is 6.84. The van der Waals surface area contributed by atoms with E-state index in [1.165, 1.54) is 4.90 Å². The molecule has 0 aromatic carbocycles. The molecule has 7 heteroatoms. The van der Waals surface area contributed by atoms with Gasteiger partial charge in [0.15, 0.2) is 0 Å². The molecule has 0 saturated carbocycles. The molecule has 0 aromatic rings. The molecule has 2 aliphatic heterocycles. The Kier molecular flexibility index (Phi) is 6.17. The van der Waals surface area contributed by atoms with Crippen LogP contribution in [0.15, 0.2) is 0 Å². The van der Waals surface area contributed by atoms with Crippen molar-refractivity contribution in [1.29, 1.82) is 0 Å². The van der Waals surface area contributed by atoms with Gasteiger partial charge in [-0.05, 0) is 25.8 Å². The van der Waals surface area contributed by atoms with Crippen LogP contribution in [0.5, 0.6) is 0 Å². The molecule has 2 heterocycles. The molecule has 0 spiro atoms. The smallest absolute Gasteiger partial charge is 0.327 e. The number of aliphatic carboxylic acids is 1. The molecule has 2 amide bonds. The number of hydrogen-bond donors (Lipinski definition) is 2. The molecule has 2 fully saturated rings. The van der Waals surface area contributed by atoms with Crippen molar-refractivity contribution in [3.05, 3.63) is 0 Å². The van der Waals surface area contributed by atoms with Crippen molar-refractivity contribution in [2.75, 3.05) is 37.7 Å². The van der Waals surface area contributed by atoms with Gasteiger partial charge >= 0.3 is 12.0 Å². The molecule has 1 atom stereocenters. The summed E-state index contributed by atoms with van der Waals surface area (Å²) in [4.78, 5) is 27.5. The van der Waals surface area contributed by atoms with Crippen molar-refractivity contribution >= 4 is 23.8 Å². The minimum Gasteiger partial charge on any atom is -0.480 e. The van der Waals surface area contributed by atoms with Gasteiger partial charge in [0.1, 0.15) is 6.04 Å². The van der Waals surface area contributed by atoms with Gasteiger partial charge < -0.3 is 20.2 Å². The highest BCUT2D eigenvalue weighted by atomic mass is 32.2. The van der Waals surface area contributed by atoms with Crippen LogP contribution in [0.1, 0.15) is 26.2 Å². The normalized spacial score (nSPS) is 24.8. The summed E-state index contributed by atoms with van der Waals surface area (Å²) in [6.45, 7) is 5.83. The Morgan fingerprint density at radius 2 is 2.00 bits per heavy atom. The highest BCUT2D eigenvalue weighted by molar-refractivity contribution is 7.99. The van der Waals surface area contributed by atoms with E-state index in [0.29, 0.717) is 12.3 Å². The van der Waals surface area contributed by atoms with Crippen LogP contribution >= 0.6 is 11.8 Å². The minimum absolute atomic E-state index is 0.176. The van der Waals surface area contributed by atoms with Crippen LogP contribution in [0.25, 0.3) is 0 Å². The zero-order chi connectivity index (χ0) is 15.2. The number of rotatable bonds is 4. The lowest BCUT2D eigenvalue weighted by atomic mass is 10.1. The fourth-order valence-electron chi connectivity index (χ4n) is 2.93. The number of hydrogen-bond acceptors (Lipinski definition) is 4. The molecule has 21 heavy (non-hydrogen) atoms. The maximum absolute atomic E-state index is 12.3. The van der Waals surface area contributed by atoms with Gasteiger partial charge in [-0.2, -0.15) is 11.8 Å². The Balaban J connectivity index is 1.82. The van der Waals surface area contributed by atoms with E-state index < -0.39 is 12.0 Å². The largest absolute Gasteiger partial charge is 0.480 e. The van der Waals surface area contributed by atoms with E-state index in [0.717, 1.165) is 44.6 Å². The first-order valence-electron chi connectivity index (χ1n) is 7.72. The van der Waals surface area contributed by atoms with Crippen molar-refractivity contribution < 1.29 is 14.7 Å². The molecule has 0 radical (unpaired) electrons. The van der Waals surface area contributed by atoms with Gasteiger partial charge in [0, 0.05) is 37.2 Å². The molecule has 6 nitrogen and oxygen atoms in total. The van der Waals surface area contributed by atoms with Gasteiger partial charge in [0.2, 0.25) is 0 Å². The van der Waals surface area contributed by atoms with E-state index in [2.05, 4.69) is 17.1 Å². The second-order valence-electron chi connectivity index (χ2n) is 5.69. The first kappa shape index (κ1) is 16.4. The first-order chi connectivity index (χ1) is 10.1. The van der Waals surface area contributed by atoms with Crippen LogP contribution in [0.4, 0.5) is 4.79 Å². The summed E-state index contributed by atoms with van der Waals surface area (Å²) in [6, 6.07) is -0.727. The second kappa shape index (κ2) is 7.89. The zero-order valence-electron chi connectivity index (χ0n) is 12.6. The molecule has 0 aromatic heterocycles. The Morgan fingerprint density at radius 3 is 2.62 bits per heavy atom. The maximum atomic E-state index is 12.3. The van der Waals surface area contributed by atoms with E-state index in [9.17, 15) is 14.7 Å². The highest BCUT2D eigenvalue weighted by Crippen LogP contribution is 2.18. The molecule has 2 N–H and O–H groups in total.